The first kappa shape index (κ1) is 18.4. The summed E-state index contributed by atoms with van der Waals surface area (Å²) in [5.41, 5.74) is 3.25. The molecular formula is C25H29N3O2. The molecule has 4 atom stereocenters. The Hall–Kier alpha value is -2.37. The van der Waals surface area contributed by atoms with Crippen LogP contribution in [0.25, 0.3) is 11.0 Å². The van der Waals surface area contributed by atoms with Gasteiger partial charge >= 0.3 is 0 Å². The van der Waals surface area contributed by atoms with E-state index in [0.29, 0.717) is 12.0 Å². The van der Waals surface area contributed by atoms with Gasteiger partial charge in [0.05, 0.1) is 29.8 Å². The van der Waals surface area contributed by atoms with E-state index in [1.54, 1.807) is 0 Å². The minimum Gasteiger partial charge on any atom is -0.487 e. The molecule has 5 nitrogen and oxygen atoms in total. The highest BCUT2D eigenvalue weighted by atomic mass is 16.5. The van der Waals surface area contributed by atoms with Gasteiger partial charge in [0.2, 0.25) is 0 Å². The fourth-order valence-electron chi connectivity index (χ4n) is 5.83. The maximum Gasteiger partial charge on any atom is 0.125 e. The second kappa shape index (κ2) is 6.56. The van der Waals surface area contributed by atoms with E-state index < -0.39 is 0 Å². The van der Waals surface area contributed by atoms with Crippen molar-refractivity contribution < 1.29 is 9.47 Å². The molecule has 5 heteroatoms. The molecule has 3 aromatic rings. The molecule has 0 radical (unpaired) electrons. The highest BCUT2D eigenvalue weighted by molar-refractivity contribution is 5.75. The highest BCUT2D eigenvalue weighted by Crippen LogP contribution is 2.52. The van der Waals surface area contributed by atoms with Crippen LogP contribution in [0.1, 0.15) is 44.2 Å². The summed E-state index contributed by atoms with van der Waals surface area (Å²) in [7, 11) is 2.13. The van der Waals surface area contributed by atoms with Crippen LogP contribution in [0.3, 0.4) is 0 Å². The SMILES string of the molecule is Cn1c(CN2CC[C@H]3O[C@H]4c5ccccc5OC(C)(C)[C@@H]4C[C@H]32)nc2ccccc21. The van der Waals surface area contributed by atoms with E-state index in [2.05, 4.69) is 78.9 Å². The third-order valence-electron chi connectivity index (χ3n) is 7.50. The maximum atomic E-state index is 6.78. The normalized spacial score (nSPS) is 29.8. The first-order valence-electron chi connectivity index (χ1n) is 11.1. The average Bonchev–Trinajstić information content (AvgIpc) is 3.28. The van der Waals surface area contributed by atoms with Crippen molar-refractivity contribution in [1.29, 1.82) is 0 Å². The van der Waals surface area contributed by atoms with Crippen LogP contribution in [0.4, 0.5) is 0 Å². The van der Waals surface area contributed by atoms with E-state index in [4.69, 9.17) is 14.5 Å². The van der Waals surface area contributed by atoms with Gasteiger partial charge in [-0.05, 0) is 44.9 Å². The van der Waals surface area contributed by atoms with Gasteiger partial charge in [0, 0.05) is 31.1 Å². The lowest BCUT2D eigenvalue weighted by Gasteiger charge is -2.50. The van der Waals surface area contributed by atoms with Crippen LogP contribution < -0.4 is 4.74 Å². The molecule has 0 N–H and O–H groups in total. The number of imidazole rings is 1. The van der Waals surface area contributed by atoms with E-state index in [9.17, 15) is 0 Å². The van der Waals surface area contributed by atoms with Gasteiger partial charge in [-0.15, -0.1) is 0 Å². The van der Waals surface area contributed by atoms with Crippen LogP contribution in [0, 0.1) is 5.92 Å². The summed E-state index contributed by atoms with van der Waals surface area (Å²) in [5, 5.41) is 0. The number of rotatable bonds is 2. The van der Waals surface area contributed by atoms with Gasteiger partial charge in [-0.25, -0.2) is 4.98 Å². The third kappa shape index (κ3) is 2.72. The molecular weight excluding hydrogens is 374 g/mol. The largest absolute Gasteiger partial charge is 0.487 e. The molecule has 3 aliphatic rings. The van der Waals surface area contributed by atoms with Crippen molar-refractivity contribution in [2.45, 2.75) is 57.1 Å². The Morgan fingerprint density at radius 3 is 2.77 bits per heavy atom. The van der Waals surface area contributed by atoms with Crippen molar-refractivity contribution in [1.82, 2.24) is 14.5 Å². The summed E-state index contributed by atoms with van der Waals surface area (Å²) >= 11 is 0. The Balaban J connectivity index is 1.29. The molecule has 2 aromatic carbocycles. The lowest BCUT2D eigenvalue weighted by Crippen LogP contribution is -2.53. The predicted molar refractivity (Wildman–Crippen MR) is 116 cm³/mol. The van der Waals surface area contributed by atoms with E-state index >= 15 is 0 Å². The van der Waals surface area contributed by atoms with Crippen LogP contribution in [0.15, 0.2) is 48.5 Å². The molecule has 1 aromatic heterocycles. The number of benzene rings is 2. The molecule has 0 amide bonds. The van der Waals surface area contributed by atoms with Crippen LogP contribution in [0.2, 0.25) is 0 Å². The molecule has 2 fully saturated rings. The molecule has 0 aliphatic carbocycles. The first-order chi connectivity index (χ1) is 14.5. The second-order valence-corrected chi connectivity index (χ2v) is 9.58. The average molecular weight is 404 g/mol. The molecule has 2 saturated heterocycles. The van der Waals surface area contributed by atoms with Gasteiger partial charge in [0.25, 0.3) is 0 Å². The van der Waals surface area contributed by atoms with Crippen LogP contribution in [-0.2, 0) is 18.3 Å². The highest BCUT2D eigenvalue weighted by Gasteiger charge is 2.53. The third-order valence-corrected chi connectivity index (χ3v) is 7.50. The molecule has 0 saturated carbocycles. The smallest absolute Gasteiger partial charge is 0.125 e. The lowest BCUT2D eigenvalue weighted by atomic mass is 9.74. The fourth-order valence-corrected chi connectivity index (χ4v) is 5.83. The minimum absolute atomic E-state index is 0.127. The second-order valence-electron chi connectivity index (χ2n) is 9.58. The molecule has 0 unspecified atom stereocenters. The van der Waals surface area contributed by atoms with Crippen LogP contribution in [-0.4, -0.2) is 38.7 Å². The molecule has 4 heterocycles. The van der Waals surface area contributed by atoms with E-state index in [1.165, 1.54) is 11.1 Å². The fraction of sp³-hybridized carbons (Fsp3) is 0.480. The van der Waals surface area contributed by atoms with E-state index in [-0.39, 0.29) is 17.8 Å². The molecule has 6 rings (SSSR count). The number of likely N-dealkylation sites (tertiary alicyclic amines) is 1. The van der Waals surface area contributed by atoms with Crippen molar-refractivity contribution in [3.8, 4) is 5.75 Å². The van der Waals surface area contributed by atoms with Crippen molar-refractivity contribution in [2.24, 2.45) is 13.0 Å². The van der Waals surface area contributed by atoms with Crippen LogP contribution >= 0.6 is 0 Å². The zero-order valence-electron chi connectivity index (χ0n) is 17.9. The number of fused-ring (bicyclic) bond motifs is 5. The standard InChI is InChI=1S/C25H29N3O2/c1-25(2)17-14-20-22(29-24(17)16-8-4-7-11-21(16)30-25)12-13-28(20)15-23-26-18-9-5-6-10-19(18)27(23)3/h4-11,17,20,22,24H,12-15H2,1-3H3/t17-,20-,22-,24+/m1/s1. The lowest BCUT2D eigenvalue weighted by molar-refractivity contribution is -0.162. The molecule has 0 bridgehead atoms. The molecule has 0 spiro atoms. The summed E-state index contributed by atoms with van der Waals surface area (Å²) in [4.78, 5) is 7.49. The Bertz CT molecular complexity index is 1100. The zero-order valence-corrected chi connectivity index (χ0v) is 17.9. The Morgan fingerprint density at radius 1 is 1.10 bits per heavy atom. The Kier molecular flexibility index (Phi) is 4.03. The molecule has 156 valence electrons. The summed E-state index contributed by atoms with van der Waals surface area (Å²) in [6.07, 6.45) is 2.59. The number of hydrogen-bond acceptors (Lipinski definition) is 4. The summed E-state index contributed by atoms with van der Waals surface area (Å²) < 4.78 is 15.5. The predicted octanol–water partition coefficient (Wildman–Crippen LogP) is 4.47. The summed E-state index contributed by atoms with van der Waals surface area (Å²) in [6, 6.07) is 17.2. The van der Waals surface area contributed by atoms with Gasteiger partial charge < -0.3 is 14.0 Å². The monoisotopic (exact) mass is 403 g/mol. The number of aryl methyl sites for hydroxylation is 1. The number of ether oxygens (including phenoxy) is 2. The van der Waals surface area contributed by atoms with Gasteiger partial charge in [-0.2, -0.15) is 0 Å². The van der Waals surface area contributed by atoms with Crippen molar-refractivity contribution in [2.75, 3.05) is 6.54 Å². The topological polar surface area (TPSA) is 39.5 Å². The number of hydrogen-bond donors (Lipinski definition) is 0. The van der Waals surface area contributed by atoms with Crippen molar-refractivity contribution in [3.05, 3.63) is 59.9 Å². The van der Waals surface area contributed by atoms with Gasteiger partial charge in [0.1, 0.15) is 17.2 Å². The first-order valence-corrected chi connectivity index (χ1v) is 11.1. The molecule has 30 heavy (non-hydrogen) atoms. The van der Waals surface area contributed by atoms with E-state index in [0.717, 1.165) is 43.0 Å². The van der Waals surface area contributed by atoms with Crippen molar-refractivity contribution >= 4 is 11.0 Å². The van der Waals surface area contributed by atoms with Gasteiger partial charge in [-0.1, -0.05) is 30.3 Å². The minimum atomic E-state index is -0.240. The van der Waals surface area contributed by atoms with Crippen molar-refractivity contribution in [3.63, 3.8) is 0 Å². The Morgan fingerprint density at radius 2 is 1.90 bits per heavy atom. The quantitative estimate of drug-likeness (QED) is 0.633. The Labute approximate surface area is 177 Å². The summed E-state index contributed by atoms with van der Waals surface area (Å²) in [6.45, 7) is 6.36. The van der Waals surface area contributed by atoms with Gasteiger partial charge in [0.15, 0.2) is 0 Å². The summed E-state index contributed by atoms with van der Waals surface area (Å²) in [5.74, 6) is 2.45. The maximum absolute atomic E-state index is 6.78. The van der Waals surface area contributed by atoms with E-state index in [1.807, 2.05) is 0 Å². The number of aromatic nitrogens is 2. The van der Waals surface area contributed by atoms with Gasteiger partial charge in [-0.3, -0.25) is 4.90 Å². The zero-order chi connectivity index (χ0) is 20.5. The van der Waals surface area contributed by atoms with Crippen LogP contribution in [0.5, 0.6) is 5.75 Å². The molecule has 3 aliphatic heterocycles. The number of para-hydroxylation sites is 3. The number of nitrogens with zero attached hydrogens (tertiary/aromatic N) is 3.